The van der Waals surface area contributed by atoms with Gasteiger partial charge in [-0.25, -0.2) is 0 Å². The maximum Gasteiger partial charge on any atom is 0.227 e. The Hall–Kier alpha value is -1.29. The standard InChI is InChI=1S/C14H20N2O2/c1-2-16-5-3-12-8-15(9-13(12)14(16)17)7-11-4-6-18-10-11/h4,6,10,12-13H,2-3,5,7-9H2,1H3/t12-,13-/m1/s1. The van der Waals surface area contributed by atoms with Gasteiger partial charge in [0.05, 0.1) is 18.4 Å². The molecule has 18 heavy (non-hydrogen) atoms. The fourth-order valence-electron chi connectivity index (χ4n) is 3.28. The molecule has 2 atom stereocenters. The van der Waals surface area contributed by atoms with Gasteiger partial charge in [-0.15, -0.1) is 0 Å². The highest BCUT2D eigenvalue weighted by atomic mass is 16.3. The zero-order chi connectivity index (χ0) is 12.5. The van der Waals surface area contributed by atoms with Crippen LogP contribution < -0.4 is 0 Å². The van der Waals surface area contributed by atoms with E-state index in [-0.39, 0.29) is 5.92 Å². The Morgan fingerprint density at radius 3 is 3.06 bits per heavy atom. The third-order valence-corrected chi connectivity index (χ3v) is 4.28. The van der Waals surface area contributed by atoms with Crippen LogP contribution in [0.15, 0.2) is 23.0 Å². The normalized spacial score (nSPS) is 28.7. The van der Waals surface area contributed by atoms with Crippen molar-refractivity contribution in [2.75, 3.05) is 26.2 Å². The minimum absolute atomic E-state index is 0.227. The van der Waals surface area contributed by atoms with Crippen molar-refractivity contribution in [3.8, 4) is 0 Å². The highest BCUT2D eigenvalue weighted by Crippen LogP contribution is 2.32. The quantitative estimate of drug-likeness (QED) is 0.815. The molecule has 2 saturated heterocycles. The molecule has 0 unspecified atom stereocenters. The number of furan rings is 1. The van der Waals surface area contributed by atoms with Crippen LogP contribution in [0.3, 0.4) is 0 Å². The van der Waals surface area contributed by atoms with E-state index >= 15 is 0 Å². The number of rotatable bonds is 3. The summed E-state index contributed by atoms with van der Waals surface area (Å²) < 4.78 is 5.10. The van der Waals surface area contributed by atoms with E-state index in [0.29, 0.717) is 11.8 Å². The SMILES string of the molecule is CCN1CC[C@@H]2CN(Cc3ccoc3)C[C@H]2C1=O. The Bertz CT molecular complexity index is 415. The molecule has 0 saturated carbocycles. The summed E-state index contributed by atoms with van der Waals surface area (Å²) in [6.45, 7) is 6.73. The van der Waals surface area contributed by atoms with E-state index in [4.69, 9.17) is 4.42 Å². The molecule has 0 aromatic carbocycles. The van der Waals surface area contributed by atoms with Crippen LogP contribution in [0.4, 0.5) is 0 Å². The van der Waals surface area contributed by atoms with Gasteiger partial charge in [-0.3, -0.25) is 9.69 Å². The van der Waals surface area contributed by atoms with Crippen LogP contribution in [-0.2, 0) is 11.3 Å². The van der Waals surface area contributed by atoms with E-state index in [2.05, 4.69) is 11.8 Å². The number of likely N-dealkylation sites (tertiary alicyclic amines) is 2. The number of carbonyl (C=O) groups is 1. The Balaban J connectivity index is 1.65. The van der Waals surface area contributed by atoms with E-state index in [0.717, 1.165) is 39.1 Å². The van der Waals surface area contributed by atoms with Gasteiger partial charge < -0.3 is 9.32 Å². The first-order valence-electron chi connectivity index (χ1n) is 6.80. The lowest BCUT2D eigenvalue weighted by molar-refractivity contribution is -0.139. The van der Waals surface area contributed by atoms with Crippen molar-refractivity contribution in [3.63, 3.8) is 0 Å². The van der Waals surface area contributed by atoms with Gasteiger partial charge in [0.25, 0.3) is 0 Å². The molecule has 4 nitrogen and oxygen atoms in total. The van der Waals surface area contributed by atoms with Crippen LogP contribution in [0, 0.1) is 11.8 Å². The molecular formula is C14H20N2O2. The smallest absolute Gasteiger partial charge is 0.227 e. The zero-order valence-corrected chi connectivity index (χ0v) is 10.8. The van der Waals surface area contributed by atoms with Crippen molar-refractivity contribution in [3.05, 3.63) is 24.2 Å². The summed E-state index contributed by atoms with van der Waals surface area (Å²) in [4.78, 5) is 16.7. The molecule has 1 aromatic rings. The van der Waals surface area contributed by atoms with Gasteiger partial charge in [-0.05, 0) is 25.3 Å². The van der Waals surface area contributed by atoms with Crippen molar-refractivity contribution >= 4 is 5.91 Å². The van der Waals surface area contributed by atoms with Crippen LogP contribution >= 0.6 is 0 Å². The average Bonchev–Trinajstić information content (AvgIpc) is 2.99. The zero-order valence-electron chi connectivity index (χ0n) is 10.8. The highest BCUT2D eigenvalue weighted by molar-refractivity contribution is 5.80. The summed E-state index contributed by atoms with van der Waals surface area (Å²) in [7, 11) is 0. The Labute approximate surface area is 108 Å². The van der Waals surface area contributed by atoms with Gasteiger partial charge in [0.2, 0.25) is 5.91 Å². The number of amides is 1. The van der Waals surface area contributed by atoms with Crippen LogP contribution in [0.1, 0.15) is 18.9 Å². The molecule has 0 aliphatic carbocycles. The molecule has 98 valence electrons. The minimum Gasteiger partial charge on any atom is -0.472 e. The van der Waals surface area contributed by atoms with Crippen LogP contribution in [0.2, 0.25) is 0 Å². The van der Waals surface area contributed by atoms with Crippen molar-refractivity contribution in [1.82, 2.24) is 9.80 Å². The van der Waals surface area contributed by atoms with Crippen molar-refractivity contribution in [2.45, 2.75) is 19.9 Å². The maximum absolute atomic E-state index is 12.3. The lowest BCUT2D eigenvalue weighted by Gasteiger charge is -2.33. The second-order valence-electron chi connectivity index (χ2n) is 5.40. The molecule has 2 aliphatic heterocycles. The van der Waals surface area contributed by atoms with E-state index in [1.165, 1.54) is 5.56 Å². The molecule has 1 aromatic heterocycles. The van der Waals surface area contributed by atoms with E-state index in [1.807, 2.05) is 11.0 Å². The summed E-state index contributed by atoms with van der Waals surface area (Å²) in [6, 6.07) is 2.00. The first-order chi connectivity index (χ1) is 8.78. The summed E-state index contributed by atoms with van der Waals surface area (Å²) in [6.07, 6.45) is 4.66. The van der Waals surface area contributed by atoms with Gasteiger partial charge >= 0.3 is 0 Å². The third-order valence-electron chi connectivity index (χ3n) is 4.28. The van der Waals surface area contributed by atoms with Gasteiger partial charge in [0, 0.05) is 38.3 Å². The van der Waals surface area contributed by atoms with Crippen molar-refractivity contribution in [1.29, 1.82) is 0 Å². The fourth-order valence-corrected chi connectivity index (χ4v) is 3.28. The van der Waals surface area contributed by atoms with E-state index in [1.54, 1.807) is 12.5 Å². The van der Waals surface area contributed by atoms with Gasteiger partial charge in [-0.2, -0.15) is 0 Å². The van der Waals surface area contributed by atoms with E-state index in [9.17, 15) is 4.79 Å². The molecule has 0 N–H and O–H groups in total. The first kappa shape index (κ1) is 11.8. The van der Waals surface area contributed by atoms with Crippen LogP contribution in [-0.4, -0.2) is 41.9 Å². The van der Waals surface area contributed by atoms with Crippen LogP contribution in [0.5, 0.6) is 0 Å². The average molecular weight is 248 g/mol. The van der Waals surface area contributed by atoms with Gasteiger partial charge in [0.15, 0.2) is 0 Å². The minimum atomic E-state index is 0.227. The predicted molar refractivity (Wildman–Crippen MR) is 67.8 cm³/mol. The van der Waals surface area contributed by atoms with E-state index < -0.39 is 0 Å². The second-order valence-corrected chi connectivity index (χ2v) is 5.40. The molecule has 4 heteroatoms. The monoisotopic (exact) mass is 248 g/mol. The lowest BCUT2D eigenvalue weighted by atomic mass is 9.88. The summed E-state index contributed by atoms with van der Waals surface area (Å²) >= 11 is 0. The highest BCUT2D eigenvalue weighted by Gasteiger charge is 2.42. The number of nitrogens with zero attached hydrogens (tertiary/aromatic N) is 2. The largest absolute Gasteiger partial charge is 0.472 e. The topological polar surface area (TPSA) is 36.7 Å². The third kappa shape index (κ3) is 2.05. The molecule has 3 rings (SSSR count). The van der Waals surface area contributed by atoms with Gasteiger partial charge in [0.1, 0.15) is 0 Å². The maximum atomic E-state index is 12.3. The molecule has 0 spiro atoms. The van der Waals surface area contributed by atoms with Crippen molar-refractivity contribution in [2.24, 2.45) is 11.8 Å². The molecular weight excluding hydrogens is 228 g/mol. The second kappa shape index (κ2) is 4.76. The summed E-state index contributed by atoms with van der Waals surface area (Å²) in [5, 5.41) is 0. The molecule has 0 radical (unpaired) electrons. The number of piperidine rings is 1. The Morgan fingerprint density at radius 2 is 2.33 bits per heavy atom. The first-order valence-corrected chi connectivity index (χ1v) is 6.80. The molecule has 1 amide bonds. The number of fused-ring (bicyclic) bond motifs is 1. The Kier molecular flexibility index (Phi) is 3.12. The number of hydrogen-bond acceptors (Lipinski definition) is 3. The number of carbonyl (C=O) groups excluding carboxylic acids is 1. The summed E-state index contributed by atoms with van der Waals surface area (Å²) in [5.74, 6) is 1.15. The molecule has 3 heterocycles. The van der Waals surface area contributed by atoms with Crippen molar-refractivity contribution < 1.29 is 9.21 Å². The molecule has 2 fully saturated rings. The predicted octanol–water partition coefficient (Wildman–Crippen LogP) is 1.58. The fraction of sp³-hybridized carbons (Fsp3) is 0.643. The Morgan fingerprint density at radius 1 is 1.44 bits per heavy atom. The number of hydrogen-bond donors (Lipinski definition) is 0. The summed E-state index contributed by atoms with van der Waals surface area (Å²) in [5.41, 5.74) is 1.20. The van der Waals surface area contributed by atoms with Gasteiger partial charge in [-0.1, -0.05) is 0 Å². The lowest BCUT2D eigenvalue weighted by Crippen LogP contribution is -2.44. The molecule has 0 bridgehead atoms. The van der Waals surface area contributed by atoms with Crippen LogP contribution in [0.25, 0.3) is 0 Å². The molecule has 2 aliphatic rings.